The molecule has 530 valence electrons. The Morgan fingerprint density at radius 2 is 1.22 bits per heavy atom. The van der Waals surface area contributed by atoms with Crippen molar-refractivity contribution < 1.29 is 130 Å². The number of piperazine rings is 1. The van der Waals surface area contributed by atoms with Crippen molar-refractivity contribution in [3.05, 3.63) is 85.1 Å². The molecule has 0 aromatic heterocycles. The summed E-state index contributed by atoms with van der Waals surface area (Å²) < 4.78 is 40.9. The van der Waals surface area contributed by atoms with Crippen molar-refractivity contribution in [2.75, 3.05) is 53.0 Å². The quantitative estimate of drug-likeness (QED) is 0.0971. The number of aliphatic hydroxyl groups is 17. The third-order valence-corrected chi connectivity index (χ3v) is 18.2. The van der Waals surface area contributed by atoms with Gasteiger partial charge in [-0.2, -0.15) is 0 Å². The predicted octanol–water partition coefficient (Wildman–Crippen LogP) is -4.34. The van der Waals surface area contributed by atoms with E-state index in [1.807, 2.05) is 18.9 Å². The molecular weight excluding hydrogens is 1230 g/mol. The summed E-state index contributed by atoms with van der Waals surface area (Å²) in [6.45, 7) is 5.89. The molecule has 28 atom stereocenters. The van der Waals surface area contributed by atoms with Crippen LogP contribution in [0.5, 0.6) is 0 Å². The smallest absolute Gasteiger partial charge is 0.308 e. The topological polar surface area (TPSA) is 461 Å². The van der Waals surface area contributed by atoms with E-state index >= 15 is 0 Å². The molecule has 6 aliphatic rings. The minimum Gasteiger partial charge on any atom is -0.462 e. The van der Waals surface area contributed by atoms with Gasteiger partial charge in [0.25, 0.3) is 0 Å². The first-order chi connectivity index (χ1) is 44.0. The van der Waals surface area contributed by atoms with E-state index in [4.69, 9.17) is 33.2 Å². The van der Waals surface area contributed by atoms with Crippen molar-refractivity contribution in [2.45, 2.75) is 231 Å². The Morgan fingerprint density at radius 1 is 0.613 bits per heavy atom. The molecule has 3 unspecified atom stereocenters. The van der Waals surface area contributed by atoms with E-state index in [0.717, 1.165) is 0 Å². The number of cyclic esters (lactones) is 1. The van der Waals surface area contributed by atoms with Crippen molar-refractivity contribution in [3.8, 4) is 0 Å². The Hall–Kier alpha value is -3.88. The highest BCUT2D eigenvalue weighted by atomic mass is 16.7. The molecule has 0 aromatic carbocycles. The number of hydrogen-bond acceptors (Lipinski definition) is 28. The van der Waals surface area contributed by atoms with Crippen LogP contribution in [0.4, 0.5) is 0 Å². The van der Waals surface area contributed by atoms with E-state index in [1.54, 1.807) is 97.7 Å². The number of rotatable bonds is 9. The van der Waals surface area contributed by atoms with Crippen LogP contribution in [0.15, 0.2) is 85.1 Å². The van der Waals surface area contributed by atoms with Gasteiger partial charge in [-0.25, -0.2) is 0 Å². The maximum absolute atomic E-state index is 14.6. The van der Waals surface area contributed by atoms with Crippen LogP contribution in [0.1, 0.15) is 79.1 Å². The summed E-state index contributed by atoms with van der Waals surface area (Å²) in [4.78, 5) is 31.0. The second-order valence-electron chi connectivity index (χ2n) is 25.7. The van der Waals surface area contributed by atoms with Crippen LogP contribution >= 0.6 is 0 Å². The SMILES string of the molecule is CC1[C@H](C)OC(=O)C[C@H](O)C[C@H](O)CC[C@@H](O)[C@H](O)C[C@H](O)C[C@]2(O)C[C@H](O)C(C(=O)N3CCN(C)CC3)C(C[C@@H](O[C@@H]3O[C@H](C)[C@@H](O)[C@H](NC[C@@]4(O)OC[C@@H](O)[C@@H](O[C@@H]5O[C@H](CO)[C@@H](O)[C@H](O)[C@H]5O)[C@@H]4O)[C@@H]3O)/C=C/C=C/C=C/C=C/C=C/C=C/C=C/[C@H](C)[C@H]1O)O2. The first kappa shape index (κ1) is 78.1. The van der Waals surface area contributed by atoms with Gasteiger partial charge < -0.3 is 135 Å². The highest BCUT2D eigenvalue weighted by molar-refractivity contribution is 5.80. The van der Waals surface area contributed by atoms with Gasteiger partial charge in [-0.1, -0.05) is 98.9 Å². The van der Waals surface area contributed by atoms with Crippen molar-refractivity contribution in [1.82, 2.24) is 15.1 Å². The Labute approximate surface area is 542 Å². The van der Waals surface area contributed by atoms with Crippen LogP contribution in [-0.4, -0.2) is 314 Å². The first-order valence-electron chi connectivity index (χ1n) is 32.1. The zero-order chi connectivity index (χ0) is 68.5. The van der Waals surface area contributed by atoms with Crippen LogP contribution in [0.25, 0.3) is 0 Å². The van der Waals surface area contributed by atoms with Gasteiger partial charge >= 0.3 is 5.97 Å². The van der Waals surface area contributed by atoms with E-state index in [9.17, 15) is 96.4 Å². The molecule has 0 aromatic rings. The number of amides is 1. The lowest BCUT2D eigenvalue weighted by Gasteiger charge is -2.48. The second kappa shape index (κ2) is 36.6. The molecule has 0 radical (unpaired) electrons. The number of likely N-dealkylation sites (N-methyl/N-ethyl adjacent to an activating group) is 1. The van der Waals surface area contributed by atoms with Gasteiger partial charge in [-0.3, -0.25) is 9.59 Å². The van der Waals surface area contributed by atoms with Crippen LogP contribution in [-0.2, 0) is 42.7 Å². The lowest BCUT2D eigenvalue weighted by Crippen LogP contribution is -2.70. The zero-order valence-corrected chi connectivity index (χ0v) is 53.4. The van der Waals surface area contributed by atoms with Crippen LogP contribution in [0, 0.1) is 17.8 Å². The predicted molar refractivity (Wildman–Crippen MR) is 329 cm³/mol. The van der Waals surface area contributed by atoms with Gasteiger partial charge in [0.15, 0.2) is 18.4 Å². The van der Waals surface area contributed by atoms with E-state index in [-0.39, 0.29) is 44.7 Å². The first-order valence-corrected chi connectivity index (χ1v) is 32.1. The van der Waals surface area contributed by atoms with Crippen LogP contribution < -0.4 is 5.32 Å². The molecule has 6 heterocycles. The van der Waals surface area contributed by atoms with E-state index in [1.165, 1.54) is 13.0 Å². The van der Waals surface area contributed by atoms with Crippen LogP contribution in [0.3, 0.4) is 0 Å². The molecule has 0 saturated carbocycles. The standard InChI is InChI=1S/C64H103N3O26/c1-35-18-16-14-12-10-8-6-7-9-11-13-15-17-19-42(90-61-55(80)51(53(78)38(4)89-61)65-34-64(86)59(83)58(46(75)33-87-64)92-62-57(82)56(81)54(79)48(32-68)91-62)29-47-50(60(84)67-24-22-66(5)23-25-67)45(74)31-63(85,93-47)30-41(71)27-44(73)43(72)21-20-39(69)26-40(70)28-49(76)88-37(3)36(2)52(35)77/h6-19,35-48,50-59,61-62,65,68-75,77-83,85-86H,20-34H2,1-5H3/b7-6+,10-8+,11-9+,14-12+,15-13+,18-16+,19-17+/t35-,36?,37-,38+,39+,40+,41-,42-,43+,44+,45-,46+,47?,48+,50?,51-,52+,53+,54+,55-,56-,57+,58+,59-,61-,62-,63+,64+/m0/s1. The fraction of sp³-hybridized carbons (Fsp3) is 0.750. The molecule has 0 spiro atoms. The maximum Gasteiger partial charge on any atom is 0.308 e. The minimum atomic E-state index is -2.67. The van der Waals surface area contributed by atoms with E-state index in [0.29, 0.717) is 13.1 Å². The monoisotopic (exact) mass is 1330 g/mol. The summed E-state index contributed by atoms with van der Waals surface area (Å²) in [5.74, 6) is -8.52. The highest BCUT2D eigenvalue weighted by Crippen LogP contribution is 2.40. The van der Waals surface area contributed by atoms with Crippen molar-refractivity contribution in [3.63, 3.8) is 0 Å². The van der Waals surface area contributed by atoms with Crippen molar-refractivity contribution in [2.24, 2.45) is 17.8 Å². The summed E-state index contributed by atoms with van der Waals surface area (Å²) in [5, 5.41) is 191. The third kappa shape index (κ3) is 22.3. The summed E-state index contributed by atoms with van der Waals surface area (Å²) in [7, 11) is 1.89. The summed E-state index contributed by atoms with van der Waals surface area (Å²) >= 11 is 0. The van der Waals surface area contributed by atoms with Gasteiger partial charge in [0.1, 0.15) is 54.9 Å². The highest BCUT2D eigenvalue weighted by Gasteiger charge is 2.56. The molecular formula is C64H103N3O26. The molecule has 5 saturated heterocycles. The molecule has 0 aliphatic carbocycles. The number of carbonyl (C=O) groups excluding carboxylic acids is 2. The zero-order valence-electron chi connectivity index (χ0n) is 53.4. The number of fused-ring (bicyclic) bond motifs is 2. The van der Waals surface area contributed by atoms with Gasteiger partial charge in [-0.05, 0) is 40.2 Å². The van der Waals surface area contributed by atoms with Gasteiger partial charge in [0.05, 0.1) is 105 Å². The van der Waals surface area contributed by atoms with Crippen LogP contribution in [0.2, 0.25) is 0 Å². The van der Waals surface area contributed by atoms with E-state index < -0.39 is 221 Å². The van der Waals surface area contributed by atoms with E-state index in [2.05, 4.69) is 5.32 Å². The summed E-state index contributed by atoms with van der Waals surface area (Å²) in [5.41, 5.74) is 0. The van der Waals surface area contributed by atoms with Gasteiger partial charge in [0.2, 0.25) is 11.7 Å². The molecule has 18 N–H and O–H groups in total. The molecule has 6 aliphatic heterocycles. The normalized spacial score (nSPS) is 46.6. The third-order valence-electron chi connectivity index (χ3n) is 18.2. The molecule has 29 nitrogen and oxygen atoms in total. The number of allylic oxidation sites excluding steroid dienone is 12. The number of esters is 1. The number of aliphatic hydroxyl groups excluding tert-OH is 15. The Morgan fingerprint density at radius 3 is 1.84 bits per heavy atom. The molecule has 29 heteroatoms. The lowest BCUT2D eigenvalue weighted by molar-refractivity contribution is -0.368. The lowest BCUT2D eigenvalue weighted by atomic mass is 9.81. The number of ether oxygens (including phenoxy) is 7. The number of nitrogens with zero attached hydrogens (tertiary/aromatic N) is 2. The molecule has 2 bridgehead atoms. The fourth-order valence-electron chi connectivity index (χ4n) is 12.2. The number of carbonyl (C=O) groups is 2. The number of hydrogen-bond donors (Lipinski definition) is 18. The molecule has 5 fully saturated rings. The average Bonchev–Trinajstić information content (AvgIpc) is 0.812. The second-order valence-corrected chi connectivity index (χ2v) is 25.7. The number of nitrogens with one attached hydrogen (secondary N) is 1. The molecule has 93 heavy (non-hydrogen) atoms. The van der Waals surface area contributed by atoms with Gasteiger partial charge in [0, 0.05) is 63.7 Å². The van der Waals surface area contributed by atoms with Crippen molar-refractivity contribution >= 4 is 11.9 Å². The summed E-state index contributed by atoms with van der Waals surface area (Å²) in [6.07, 6.45) is -13.2. The molecule has 6 rings (SSSR count). The Balaban J connectivity index is 1.26. The minimum absolute atomic E-state index is 0.148. The van der Waals surface area contributed by atoms with Crippen molar-refractivity contribution in [1.29, 1.82) is 0 Å². The average molecular weight is 1330 g/mol. The fourth-order valence-corrected chi connectivity index (χ4v) is 12.2. The summed E-state index contributed by atoms with van der Waals surface area (Å²) in [6, 6.07) is -1.46. The maximum atomic E-state index is 14.6. The largest absolute Gasteiger partial charge is 0.462 e. The van der Waals surface area contributed by atoms with Gasteiger partial charge in [-0.15, -0.1) is 0 Å². The Bertz CT molecular complexity index is 2500. The Kier molecular flexibility index (Phi) is 30.8. The molecule has 1 amide bonds.